The van der Waals surface area contributed by atoms with Crippen LogP contribution in [0.3, 0.4) is 0 Å². The van der Waals surface area contributed by atoms with Gasteiger partial charge in [-0.1, -0.05) is 6.07 Å². The minimum atomic E-state index is -0.169. The van der Waals surface area contributed by atoms with Crippen molar-refractivity contribution < 1.29 is 14.3 Å². The molecule has 0 aromatic heterocycles. The Morgan fingerprint density at radius 3 is 2.58 bits per heavy atom. The molecule has 0 N–H and O–H groups in total. The maximum absolute atomic E-state index is 12.8. The van der Waals surface area contributed by atoms with E-state index in [-0.39, 0.29) is 23.3 Å². The Kier molecular flexibility index (Phi) is 5.21. The van der Waals surface area contributed by atoms with E-state index < -0.39 is 0 Å². The SMILES string of the molecule is COc1cccc(C(=O)N(C)CC2CC(=O)N(C(C)(C)C)C2)c1C. The van der Waals surface area contributed by atoms with Gasteiger partial charge in [0.25, 0.3) is 5.91 Å². The number of amides is 2. The molecule has 132 valence electrons. The first kappa shape index (κ1) is 18.3. The van der Waals surface area contributed by atoms with Gasteiger partial charge in [-0.05, 0) is 39.8 Å². The summed E-state index contributed by atoms with van der Waals surface area (Å²) in [5, 5.41) is 0. The number of benzene rings is 1. The average molecular weight is 332 g/mol. The Balaban J connectivity index is 2.07. The number of carbonyl (C=O) groups excluding carboxylic acids is 2. The highest BCUT2D eigenvalue weighted by Gasteiger charge is 2.37. The van der Waals surface area contributed by atoms with Crippen molar-refractivity contribution in [2.24, 2.45) is 5.92 Å². The van der Waals surface area contributed by atoms with E-state index in [1.807, 2.05) is 50.8 Å². The second-order valence-corrected chi connectivity index (χ2v) is 7.56. The molecule has 0 spiro atoms. The maximum atomic E-state index is 12.8. The summed E-state index contributed by atoms with van der Waals surface area (Å²) in [7, 11) is 3.40. The van der Waals surface area contributed by atoms with Crippen LogP contribution in [-0.2, 0) is 4.79 Å². The molecule has 0 aliphatic carbocycles. The van der Waals surface area contributed by atoms with Crippen LogP contribution in [0.2, 0.25) is 0 Å². The second kappa shape index (κ2) is 6.83. The summed E-state index contributed by atoms with van der Waals surface area (Å²) in [5.74, 6) is 1.03. The van der Waals surface area contributed by atoms with Gasteiger partial charge in [0.15, 0.2) is 0 Å². The lowest BCUT2D eigenvalue weighted by atomic mass is 10.0. The van der Waals surface area contributed by atoms with Gasteiger partial charge in [0.2, 0.25) is 5.91 Å². The lowest BCUT2D eigenvalue weighted by molar-refractivity contribution is -0.131. The predicted molar refractivity (Wildman–Crippen MR) is 94.3 cm³/mol. The molecule has 24 heavy (non-hydrogen) atoms. The number of carbonyl (C=O) groups is 2. The molecule has 0 saturated carbocycles. The predicted octanol–water partition coefficient (Wildman–Crippen LogP) is 2.72. The first-order chi connectivity index (χ1) is 11.1. The fraction of sp³-hybridized carbons (Fsp3) is 0.579. The van der Waals surface area contributed by atoms with Gasteiger partial charge in [-0.25, -0.2) is 0 Å². The number of likely N-dealkylation sites (tertiary alicyclic amines) is 1. The maximum Gasteiger partial charge on any atom is 0.254 e. The molecule has 1 aromatic carbocycles. The minimum absolute atomic E-state index is 0.0342. The molecule has 1 saturated heterocycles. The molecular formula is C19H28N2O3. The normalized spacial score (nSPS) is 18.0. The third-order valence-corrected chi connectivity index (χ3v) is 4.63. The van der Waals surface area contributed by atoms with E-state index in [4.69, 9.17) is 4.74 Å². The molecule has 0 bridgehead atoms. The van der Waals surface area contributed by atoms with Crippen molar-refractivity contribution in [3.05, 3.63) is 29.3 Å². The van der Waals surface area contributed by atoms with Crippen LogP contribution in [0.25, 0.3) is 0 Å². The van der Waals surface area contributed by atoms with Gasteiger partial charge < -0.3 is 14.5 Å². The summed E-state index contributed by atoms with van der Waals surface area (Å²) in [5.41, 5.74) is 1.32. The van der Waals surface area contributed by atoms with Gasteiger partial charge in [-0.3, -0.25) is 9.59 Å². The summed E-state index contributed by atoms with van der Waals surface area (Å²) < 4.78 is 5.29. The van der Waals surface area contributed by atoms with Crippen molar-refractivity contribution in [2.45, 2.75) is 39.7 Å². The zero-order chi connectivity index (χ0) is 18.1. The monoisotopic (exact) mass is 332 g/mol. The molecule has 1 aliphatic heterocycles. The number of nitrogens with zero attached hydrogens (tertiary/aromatic N) is 2. The van der Waals surface area contributed by atoms with Crippen LogP contribution in [0.1, 0.15) is 43.1 Å². The van der Waals surface area contributed by atoms with Gasteiger partial charge in [0.1, 0.15) is 5.75 Å². The Morgan fingerprint density at radius 2 is 2.04 bits per heavy atom. The molecule has 1 aromatic rings. The molecule has 0 radical (unpaired) electrons. The summed E-state index contributed by atoms with van der Waals surface area (Å²) in [6.45, 7) is 9.30. The van der Waals surface area contributed by atoms with E-state index in [2.05, 4.69) is 0 Å². The minimum Gasteiger partial charge on any atom is -0.496 e. The van der Waals surface area contributed by atoms with Crippen molar-refractivity contribution in [1.82, 2.24) is 9.80 Å². The second-order valence-electron chi connectivity index (χ2n) is 7.56. The van der Waals surface area contributed by atoms with Crippen LogP contribution in [0.5, 0.6) is 5.75 Å². The van der Waals surface area contributed by atoms with Crippen LogP contribution in [0, 0.1) is 12.8 Å². The lowest BCUT2D eigenvalue weighted by Crippen LogP contribution is -2.43. The standard InChI is InChI=1S/C19H28N2O3/c1-13-15(8-7-9-16(13)24-6)18(23)20(5)11-14-10-17(22)21(12-14)19(2,3)4/h7-9,14H,10-12H2,1-6H3. The zero-order valence-electron chi connectivity index (χ0n) is 15.5. The Labute approximate surface area is 144 Å². The molecule has 2 amide bonds. The van der Waals surface area contributed by atoms with E-state index in [1.54, 1.807) is 19.1 Å². The molecular weight excluding hydrogens is 304 g/mol. The fourth-order valence-corrected chi connectivity index (χ4v) is 3.30. The van der Waals surface area contributed by atoms with Gasteiger partial charge in [-0.15, -0.1) is 0 Å². The highest BCUT2D eigenvalue weighted by molar-refractivity contribution is 5.96. The molecule has 1 heterocycles. The van der Waals surface area contributed by atoms with Crippen LogP contribution < -0.4 is 4.74 Å². The summed E-state index contributed by atoms with van der Waals surface area (Å²) in [6.07, 6.45) is 0.506. The highest BCUT2D eigenvalue weighted by atomic mass is 16.5. The van der Waals surface area contributed by atoms with Crippen molar-refractivity contribution in [2.75, 3.05) is 27.2 Å². The van der Waals surface area contributed by atoms with Crippen molar-refractivity contribution in [3.63, 3.8) is 0 Å². The van der Waals surface area contributed by atoms with Crippen LogP contribution in [0.4, 0.5) is 0 Å². The van der Waals surface area contributed by atoms with Gasteiger partial charge in [-0.2, -0.15) is 0 Å². The third-order valence-electron chi connectivity index (χ3n) is 4.63. The Bertz CT molecular complexity index is 634. The zero-order valence-corrected chi connectivity index (χ0v) is 15.5. The number of methoxy groups -OCH3 is 1. The number of ether oxygens (including phenoxy) is 1. The van der Waals surface area contributed by atoms with Crippen LogP contribution >= 0.6 is 0 Å². The first-order valence-electron chi connectivity index (χ1n) is 8.34. The van der Waals surface area contributed by atoms with Gasteiger partial charge >= 0.3 is 0 Å². The Hall–Kier alpha value is -2.04. The fourth-order valence-electron chi connectivity index (χ4n) is 3.30. The number of hydrogen-bond acceptors (Lipinski definition) is 3. The molecule has 1 fully saturated rings. The van der Waals surface area contributed by atoms with E-state index in [0.717, 1.165) is 5.56 Å². The van der Waals surface area contributed by atoms with Gasteiger partial charge in [0, 0.05) is 49.1 Å². The molecule has 1 atom stereocenters. The summed E-state index contributed by atoms with van der Waals surface area (Å²) >= 11 is 0. The highest BCUT2D eigenvalue weighted by Crippen LogP contribution is 2.27. The molecule has 2 rings (SSSR count). The smallest absolute Gasteiger partial charge is 0.254 e. The van der Waals surface area contributed by atoms with Crippen LogP contribution in [0.15, 0.2) is 18.2 Å². The van der Waals surface area contributed by atoms with E-state index in [1.165, 1.54) is 0 Å². The summed E-state index contributed by atoms with van der Waals surface area (Å²) in [6, 6.07) is 5.49. The third kappa shape index (κ3) is 3.71. The molecule has 5 heteroatoms. The van der Waals surface area contributed by atoms with E-state index in [9.17, 15) is 9.59 Å². The average Bonchev–Trinajstić information content (AvgIpc) is 2.87. The summed E-state index contributed by atoms with van der Waals surface area (Å²) in [4.78, 5) is 28.6. The van der Waals surface area contributed by atoms with Crippen molar-refractivity contribution in [1.29, 1.82) is 0 Å². The van der Waals surface area contributed by atoms with E-state index in [0.29, 0.717) is 30.8 Å². The van der Waals surface area contributed by atoms with Crippen molar-refractivity contribution in [3.8, 4) is 5.75 Å². The quantitative estimate of drug-likeness (QED) is 0.852. The van der Waals surface area contributed by atoms with Gasteiger partial charge in [0.05, 0.1) is 7.11 Å². The molecule has 1 unspecified atom stereocenters. The molecule has 5 nitrogen and oxygen atoms in total. The first-order valence-corrected chi connectivity index (χ1v) is 8.34. The molecule has 1 aliphatic rings. The number of rotatable bonds is 4. The van der Waals surface area contributed by atoms with E-state index >= 15 is 0 Å². The van der Waals surface area contributed by atoms with Crippen molar-refractivity contribution >= 4 is 11.8 Å². The largest absolute Gasteiger partial charge is 0.496 e. The topological polar surface area (TPSA) is 49.9 Å². The Morgan fingerprint density at radius 1 is 1.38 bits per heavy atom. The van der Waals surface area contributed by atoms with Crippen LogP contribution in [-0.4, -0.2) is 54.4 Å². The lowest BCUT2D eigenvalue weighted by Gasteiger charge is -2.32. The number of hydrogen-bond donors (Lipinski definition) is 0.